The zero-order chi connectivity index (χ0) is 10.3. The van der Waals surface area contributed by atoms with Crippen LogP contribution in [0.5, 0.6) is 0 Å². The summed E-state index contributed by atoms with van der Waals surface area (Å²) < 4.78 is 0. The van der Waals surface area contributed by atoms with E-state index >= 15 is 0 Å². The van der Waals surface area contributed by atoms with E-state index in [0.29, 0.717) is 12.1 Å². The number of halogens is 1. The van der Waals surface area contributed by atoms with Crippen LogP contribution in [0.25, 0.3) is 0 Å². The number of carbonyl (C=O) groups is 1. The molecule has 0 spiro atoms. The highest BCUT2D eigenvalue weighted by Gasteiger charge is 2.33. The van der Waals surface area contributed by atoms with E-state index in [1.54, 1.807) is 0 Å². The van der Waals surface area contributed by atoms with Gasteiger partial charge in [-0.1, -0.05) is 25.4 Å². The highest BCUT2D eigenvalue weighted by Crippen LogP contribution is 2.32. The fraction of sp³-hybridized carbons (Fsp3) is 0.556. The molecular formula is C9H12ClN3O. The molecule has 0 saturated carbocycles. The Labute approximate surface area is 87.0 Å². The molecule has 1 aliphatic rings. The molecule has 1 aromatic heterocycles. The SMILES string of the molecule is CC1(C)CCNC(=O)c2c(Cl)n[nH]c21. The van der Waals surface area contributed by atoms with Crippen LogP contribution in [-0.4, -0.2) is 22.6 Å². The predicted molar refractivity (Wildman–Crippen MR) is 53.6 cm³/mol. The molecule has 1 aromatic rings. The van der Waals surface area contributed by atoms with Gasteiger partial charge in [0.15, 0.2) is 5.15 Å². The summed E-state index contributed by atoms with van der Waals surface area (Å²) in [5.74, 6) is -0.135. The molecule has 0 radical (unpaired) electrons. The molecule has 14 heavy (non-hydrogen) atoms. The number of hydrogen-bond acceptors (Lipinski definition) is 2. The van der Waals surface area contributed by atoms with Gasteiger partial charge in [0, 0.05) is 12.0 Å². The van der Waals surface area contributed by atoms with Crippen molar-refractivity contribution in [1.29, 1.82) is 0 Å². The van der Waals surface area contributed by atoms with E-state index in [-0.39, 0.29) is 16.5 Å². The molecule has 0 aliphatic carbocycles. The molecule has 0 fully saturated rings. The molecule has 1 amide bonds. The normalized spacial score (nSPS) is 19.8. The summed E-state index contributed by atoms with van der Waals surface area (Å²) in [4.78, 5) is 11.6. The highest BCUT2D eigenvalue weighted by atomic mass is 35.5. The number of aromatic amines is 1. The lowest BCUT2D eigenvalue weighted by atomic mass is 9.84. The monoisotopic (exact) mass is 213 g/mol. The molecule has 2 heterocycles. The molecule has 0 bridgehead atoms. The molecule has 5 heteroatoms. The third-order valence-corrected chi connectivity index (χ3v) is 2.94. The third-order valence-electron chi connectivity index (χ3n) is 2.66. The van der Waals surface area contributed by atoms with Crippen molar-refractivity contribution in [3.05, 3.63) is 16.4 Å². The van der Waals surface area contributed by atoms with Crippen LogP contribution in [0.3, 0.4) is 0 Å². The van der Waals surface area contributed by atoms with Crippen molar-refractivity contribution in [2.24, 2.45) is 0 Å². The van der Waals surface area contributed by atoms with E-state index in [2.05, 4.69) is 29.4 Å². The van der Waals surface area contributed by atoms with E-state index in [0.717, 1.165) is 12.1 Å². The first-order valence-corrected chi connectivity index (χ1v) is 4.93. The molecule has 0 atom stereocenters. The van der Waals surface area contributed by atoms with Crippen LogP contribution in [0.1, 0.15) is 36.3 Å². The maximum Gasteiger partial charge on any atom is 0.256 e. The van der Waals surface area contributed by atoms with Gasteiger partial charge in [0.25, 0.3) is 5.91 Å². The predicted octanol–water partition coefficient (Wildman–Crippen LogP) is 1.47. The quantitative estimate of drug-likeness (QED) is 0.686. The number of nitrogens with zero attached hydrogens (tertiary/aromatic N) is 1. The van der Waals surface area contributed by atoms with Crippen LogP contribution in [0, 0.1) is 0 Å². The minimum Gasteiger partial charge on any atom is -0.352 e. The number of rotatable bonds is 0. The standard InChI is InChI=1S/C9H12ClN3O/c1-9(2)3-4-11-8(14)5-6(9)12-13-7(5)10/h3-4H2,1-2H3,(H,11,14)(H,12,13). The average molecular weight is 214 g/mol. The lowest BCUT2D eigenvalue weighted by Crippen LogP contribution is -2.23. The second-order valence-corrected chi connectivity index (χ2v) is 4.51. The Morgan fingerprint density at radius 3 is 2.93 bits per heavy atom. The second kappa shape index (κ2) is 2.98. The summed E-state index contributed by atoms with van der Waals surface area (Å²) in [6, 6.07) is 0. The zero-order valence-electron chi connectivity index (χ0n) is 8.15. The van der Waals surface area contributed by atoms with Crippen molar-refractivity contribution in [3.63, 3.8) is 0 Å². The number of nitrogens with one attached hydrogen (secondary N) is 2. The van der Waals surface area contributed by atoms with Gasteiger partial charge in [-0.3, -0.25) is 9.89 Å². The Morgan fingerprint density at radius 1 is 1.50 bits per heavy atom. The number of hydrogen-bond donors (Lipinski definition) is 2. The molecule has 2 rings (SSSR count). The van der Waals surface area contributed by atoms with Gasteiger partial charge in [0.1, 0.15) is 0 Å². The van der Waals surface area contributed by atoms with E-state index < -0.39 is 0 Å². The van der Waals surface area contributed by atoms with E-state index in [9.17, 15) is 4.79 Å². The van der Waals surface area contributed by atoms with Crippen molar-refractivity contribution < 1.29 is 4.79 Å². The van der Waals surface area contributed by atoms with Crippen LogP contribution < -0.4 is 5.32 Å². The van der Waals surface area contributed by atoms with Crippen molar-refractivity contribution >= 4 is 17.5 Å². The number of amides is 1. The molecule has 0 unspecified atom stereocenters. The maximum atomic E-state index is 11.6. The van der Waals surface area contributed by atoms with Gasteiger partial charge < -0.3 is 5.32 Å². The summed E-state index contributed by atoms with van der Waals surface area (Å²) in [6.07, 6.45) is 0.879. The molecule has 2 N–H and O–H groups in total. The van der Waals surface area contributed by atoms with Crippen LogP contribution >= 0.6 is 11.6 Å². The lowest BCUT2D eigenvalue weighted by molar-refractivity contribution is 0.0956. The Hall–Kier alpha value is -1.03. The van der Waals surface area contributed by atoms with E-state index in [4.69, 9.17) is 11.6 Å². The molecule has 0 saturated heterocycles. The van der Waals surface area contributed by atoms with Gasteiger partial charge in [-0.25, -0.2) is 0 Å². The Kier molecular flexibility index (Phi) is 2.03. The summed E-state index contributed by atoms with van der Waals surface area (Å²) in [5, 5.41) is 9.77. The Morgan fingerprint density at radius 2 is 2.21 bits per heavy atom. The molecule has 76 valence electrons. The first-order valence-electron chi connectivity index (χ1n) is 4.55. The van der Waals surface area contributed by atoms with Crippen LogP contribution in [0.15, 0.2) is 0 Å². The van der Waals surface area contributed by atoms with Crippen LogP contribution in [0.4, 0.5) is 0 Å². The van der Waals surface area contributed by atoms with Gasteiger partial charge in [0.2, 0.25) is 0 Å². The third kappa shape index (κ3) is 1.30. The molecule has 0 aromatic carbocycles. The summed E-state index contributed by atoms with van der Waals surface area (Å²) in [5.41, 5.74) is 1.24. The largest absolute Gasteiger partial charge is 0.352 e. The minimum absolute atomic E-state index is 0.0887. The smallest absolute Gasteiger partial charge is 0.256 e. The topological polar surface area (TPSA) is 57.8 Å². The van der Waals surface area contributed by atoms with Crippen LogP contribution in [-0.2, 0) is 5.41 Å². The second-order valence-electron chi connectivity index (χ2n) is 4.15. The van der Waals surface area contributed by atoms with Crippen LogP contribution in [0.2, 0.25) is 5.15 Å². The van der Waals surface area contributed by atoms with Gasteiger partial charge in [-0.05, 0) is 6.42 Å². The van der Waals surface area contributed by atoms with Crippen molar-refractivity contribution in [3.8, 4) is 0 Å². The Balaban J connectivity index is 2.60. The maximum absolute atomic E-state index is 11.6. The summed E-state index contributed by atoms with van der Waals surface area (Å²) in [7, 11) is 0. The van der Waals surface area contributed by atoms with E-state index in [1.165, 1.54) is 0 Å². The number of fused-ring (bicyclic) bond motifs is 1. The number of H-pyrrole nitrogens is 1. The van der Waals surface area contributed by atoms with Gasteiger partial charge in [0.05, 0.1) is 11.3 Å². The number of carbonyl (C=O) groups excluding carboxylic acids is 1. The van der Waals surface area contributed by atoms with Crippen molar-refractivity contribution in [2.75, 3.05) is 6.54 Å². The first-order chi connectivity index (χ1) is 6.52. The average Bonchev–Trinajstić information content (AvgIpc) is 2.42. The Bertz CT molecular complexity index is 383. The van der Waals surface area contributed by atoms with Gasteiger partial charge in [-0.2, -0.15) is 5.10 Å². The molecule has 1 aliphatic heterocycles. The van der Waals surface area contributed by atoms with Crippen molar-refractivity contribution in [2.45, 2.75) is 25.7 Å². The zero-order valence-corrected chi connectivity index (χ0v) is 8.90. The molecular weight excluding hydrogens is 202 g/mol. The fourth-order valence-electron chi connectivity index (χ4n) is 1.72. The fourth-order valence-corrected chi connectivity index (χ4v) is 1.94. The first kappa shape index (κ1) is 9.52. The van der Waals surface area contributed by atoms with Gasteiger partial charge >= 0.3 is 0 Å². The summed E-state index contributed by atoms with van der Waals surface area (Å²) >= 11 is 5.85. The van der Waals surface area contributed by atoms with Gasteiger partial charge in [-0.15, -0.1) is 0 Å². The lowest BCUT2D eigenvalue weighted by Gasteiger charge is -2.20. The van der Waals surface area contributed by atoms with Crippen molar-refractivity contribution in [1.82, 2.24) is 15.5 Å². The molecule has 4 nitrogen and oxygen atoms in total. The highest BCUT2D eigenvalue weighted by molar-refractivity contribution is 6.32. The van der Waals surface area contributed by atoms with E-state index in [1.807, 2.05) is 0 Å². The summed E-state index contributed by atoms with van der Waals surface area (Å²) in [6.45, 7) is 4.81. The number of aromatic nitrogens is 2. The minimum atomic E-state index is -0.135.